The number of carbonyl (C=O) groups excluding carboxylic acids is 1. The maximum Gasteiger partial charge on any atom is 0.245 e. The second kappa shape index (κ2) is 8.27. The van der Waals surface area contributed by atoms with Gasteiger partial charge in [0, 0.05) is 32.1 Å². The van der Waals surface area contributed by atoms with Crippen LogP contribution in [0.5, 0.6) is 0 Å². The first-order valence-electron chi connectivity index (χ1n) is 9.82. The SMILES string of the molecule is CC1CCC(N(C)C(=O)C2CCN(S(=O)(=O)c3ccccc3F)CC2)CC1. The molecule has 1 saturated carbocycles. The summed E-state index contributed by atoms with van der Waals surface area (Å²) in [5.41, 5.74) is 0. The molecule has 1 amide bonds. The van der Waals surface area contributed by atoms with Crippen LogP contribution in [0.2, 0.25) is 0 Å². The third-order valence-electron chi connectivity index (χ3n) is 6.14. The third kappa shape index (κ3) is 4.35. The molecule has 0 bridgehead atoms. The standard InChI is InChI=1S/C20H29FN2O3S/c1-15-7-9-17(10-8-15)22(2)20(24)16-11-13-23(14-12-16)27(25,26)19-6-4-3-5-18(19)21/h3-6,15-17H,7-14H2,1-2H3. The Hall–Kier alpha value is -1.47. The van der Waals surface area contributed by atoms with Gasteiger partial charge in [-0.1, -0.05) is 19.1 Å². The van der Waals surface area contributed by atoms with Crippen LogP contribution in [0.3, 0.4) is 0 Å². The summed E-state index contributed by atoms with van der Waals surface area (Å²) in [5, 5.41) is 0. The molecule has 1 aliphatic heterocycles. The zero-order valence-corrected chi connectivity index (χ0v) is 16.9. The van der Waals surface area contributed by atoms with Crippen molar-refractivity contribution in [3.05, 3.63) is 30.1 Å². The molecule has 5 nitrogen and oxygen atoms in total. The average Bonchev–Trinajstić information content (AvgIpc) is 2.68. The number of hydrogen-bond donors (Lipinski definition) is 0. The first-order chi connectivity index (χ1) is 12.8. The fraction of sp³-hybridized carbons (Fsp3) is 0.650. The first kappa shape index (κ1) is 20.3. The van der Waals surface area contributed by atoms with Crippen LogP contribution < -0.4 is 0 Å². The third-order valence-corrected chi connectivity index (χ3v) is 8.07. The molecule has 0 atom stereocenters. The van der Waals surface area contributed by atoms with E-state index in [0.717, 1.165) is 37.7 Å². The van der Waals surface area contributed by atoms with Crippen LogP contribution >= 0.6 is 0 Å². The number of rotatable bonds is 4. The van der Waals surface area contributed by atoms with Gasteiger partial charge in [-0.25, -0.2) is 12.8 Å². The summed E-state index contributed by atoms with van der Waals surface area (Å²) in [7, 11) is -1.97. The van der Waals surface area contributed by atoms with Gasteiger partial charge in [-0.3, -0.25) is 4.79 Å². The fourth-order valence-corrected chi connectivity index (χ4v) is 5.77. The minimum Gasteiger partial charge on any atom is -0.343 e. The van der Waals surface area contributed by atoms with Crippen molar-refractivity contribution in [1.82, 2.24) is 9.21 Å². The summed E-state index contributed by atoms with van der Waals surface area (Å²) >= 11 is 0. The van der Waals surface area contributed by atoms with Gasteiger partial charge in [0.1, 0.15) is 10.7 Å². The quantitative estimate of drug-likeness (QED) is 0.785. The van der Waals surface area contributed by atoms with Gasteiger partial charge in [-0.15, -0.1) is 0 Å². The van der Waals surface area contributed by atoms with Crippen LogP contribution in [0, 0.1) is 17.7 Å². The molecule has 1 aromatic carbocycles. The minimum atomic E-state index is -3.86. The molecule has 0 unspecified atom stereocenters. The molecule has 0 spiro atoms. The molecule has 2 aliphatic rings. The van der Waals surface area contributed by atoms with Gasteiger partial charge in [-0.05, 0) is 56.6 Å². The van der Waals surface area contributed by atoms with E-state index < -0.39 is 15.8 Å². The molecule has 150 valence electrons. The Balaban J connectivity index is 1.60. The minimum absolute atomic E-state index is 0.123. The molecule has 2 fully saturated rings. The average molecular weight is 397 g/mol. The number of halogens is 1. The molecule has 1 saturated heterocycles. The molecule has 27 heavy (non-hydrogen) atoms. The zero-order chi connectivity index (χ0) is 19.6. The van der Waals surface area contributed by atoms with Gasteiger partial charge in [0.25, 0.3) is 0 Å². The van der Waals surface area contributed by atoms with Crippen LogP contribution in [-0.2, 0) is 14.8 Å². The van der Waals surface area contributed by atoms with Crippen molar-refractivity contribution >= 4 is 15.9 Å². The number of sulfonamides is 1. The van der Waals surface area contributed by atoms with E-state index in [1.807, 2.05) is 11.9 Å². The molecule has 0 radical (unpaired) electrons. The molecule has 0 aromatic heterocycles. The monoisotopic (exact) mass is 396 g/mol. The molecule has 0 N–H and O–H groups in total. The van der Waals surface area contributed by atoms with Gasteiger partial charge >= 0.3 is 0 Å². The summed E-state index contributed by atoms with van der Waals surface area (Å²) in [6.45, 7) is 2.76. The number of benzene rings is 1. The highest BCUT2D eigenvalue weighted by Gasteiger charge is 2.35. The van der Waals surface area contributed by atoms with E-state index >= 15 is 0 Å². The Bertz CT molecular complexity index is 767. The lowest BCUT2D eigenvalue weighted by atomic mass is 9.86. The van der Waals surface area contributed by atoms with E-state index in [1.165, 1.54) is 22.5 Å². The number of nitrogens with zero attached hydrogens (tertiary/aromatic N) is 2. The van der Waals surface area contributed by atoms with Crippen LogP contribution in [0.25, 0.3) is 0 Å². The highest BCUT2D eigenvalue weighted by atomic mass is 32.2. The van der Waals surface area contributed by atoms with Crippen LogP contribution in [0.4, 0.5) is 4.39 Å². The molecule has 1 aromatic rings. The van der Waals surface area contributed by atoms with E-state index in [-0.39, 0.29) is 29.8 Å². The van der Waals surface area contributed by atoms with E-state index in [4.69, 9.17) is 0 Å². The molecular weight excluding hydrogens is 367 g/mol. The number of carbonyl (C=O) groups is 1. The highest BCUT2D eigenvalue weighted by molar-refractivity contribution is 7.89. The van der Waals surface area contributed by atoms with Crippen molar-refractivity contribution in [3.63, 3.8) is 0 Å². The maximum absolute atomic E-state index is 13.9. The molecule has 1 heterocycles. The summed E-state index contributed by atoms with van der Waals surface area (Å²) in [6.07, 6.45) is 5.37. The fourth-order valence-electron chi connectivity index (χ4n) is 4.23. The molecule has 1 aliphatic carbocycles. The zero-order valence-electron chi connectivity index (χ0n) is 16.1. The maximum atomic E-state index is 13.9. The van der Waals surface area contributed by atoms with Gasteiger partial charge in [0.05, 0.1) is 0 Å². The van der Waals surface area contributed by atoms with Gasteiger partial charge in [0.2, 0.25) is 15.9 Å². The smallest absolute Gasteiger partial charge is 0.245 e. The number of hydrogen-bond acceptors (Lipinski definition) is 3. The van der Waals surface area contributed by atoms with Gasteiger partial charge < -0.3 is 4.90 Å². The molecule has 3 rings (SSSR count). The van der Waals surface area contributed by atoms with Crippen molar-refractivity contribution in [1.29, 1.82) is 0 Å². The van der Waals surface area contributed by atoms with E-state index in [0.29, 0.717) is 18.9 Å². The van der Waals surface area contributed by atoms with Crippen LogP contribution in [0.15, 0.2) is 29.2 Å². The summed E-state index contributed by atoms with van der Waals surface area (Å²) < 4.78 is 40.6. The Kier molecular flexibility index (Phi) is 6.21. The van der Waals surface area contributed by atoms with Gasteiger partial charge in [-0.2, -0.15) is 4.31 Å². The predicted octanol–water partition coefficient (Wildman–Crippen LogP) is 3.26. The van der Waals surface area contributed by atoms with E-state index in [9.17, 15) is 17.6 Å². The first-order valence-corrected chi connectivity index (χ1v) is 11.3. The van der Waals surface area contributed by atoms with Crippen molar-refractivity contribution < 1.29 is 17.6 Å². The predicted molar refractivity (Wildman–Crippen MR) is 102 cm³/mol. The topological polar surface area (TPSA) is 57.7 Å². The van der Waals surface area contributed by atoms with E-state index in [2.05, 4.69) is 6.92 Å². The van der Waals surface area contributed by atoms with Crippen LogP contribution in [-0.4, -0.2) is 49.7 Å². The summed E-state index contributed by atoms with van der Waals surface area (Å²) in [6, 6.07) is 5.74. The number of piperidine rings is 1. The lowest BCUT2D eigenvalue weighted by Gasteiger charge is -2.37. The largest absolute Gasteiger partial charge is 0.343 e. The van der Waals surface area contributed by atoms with Gasteiger partial charge in [0.15, 0.2) is 0 Å². The molecule has 7 heteroatoms. The number of amides is 1. The Labute approximate surface area is 161 Å². The lowest BCUT2D eigenvalue weighted by Crippen LogP contribution is -2.46. The highest BCUT2D eigenvalue weighted by Crippen LogP contribution is 2.30. The normalized spacial score (nSPS) is 25.3. The second-order valence-electron chi connectivity index (χ2n) is 7.97. The van der Waals surface area contributed by atoms with Crippen molar-refractivity contribution in [2.45, 2.75) is 56.4 Å². The Morgan fingerprint density at radius 1 is 1.07 bits per heavy atom. The van der Waals surface area contributed by atoms with Crippen molar-refractivity contribution in [3.8, 4) is 0 Å². The lowest BCUT2D eigenvalue weighted by molar-refractivity contribution is -0.138. The Morgan fingerprint density at radius 3 is 2.26 bits per heavy atom. The van der Waals surface area contributed by atoms with Crippen molar-refractivity contribution in [2.75, 3.05) is 20.1 Å². The Morgan fingerprint density at radius 2 is 1.67 bits per heavy atom. The second-order valence-corrected chi connectivity index (χ2v) is 9.88. The van der Waals surface area contributed by atoms with Crippen LogP contribution in [0.1, 0.15) is 45.4 Å². The van der Waals surface area contributed by atoms with E-state index in [1.54, 1.807) is 0 Å². The summed E-state index contributed by atoms with van der Waals surface area (Å²) in [5.74, 6) is -0.0301. The molecular formula is C20H29FN2O3S. The van der Waals surface area contributed by atoms with Crippen molar-refractivity contribution in [2.24, 2.45) is 11.8 Å². The summed E-state index contributed by atoms with van der Waals surface area (Å²) in [4.78, 5) is 14.5.